The maximum absolute atomic E-state index is 12.0. The second-order valence-corrected chi connectivity index (χ2v) is 6.53. The molecule has 1 aromatic heterocycles. The number of nitrogens with one attached hydrogen (secondary N) is 1. The molecule has 0 spiro atoms. The van der Waals surface area contributed by atoms with Crippen LogP contribution < -0.4 is 5.32 Å². The lowest BCUT2D eigenvalue weighted by Gasteiger charge is -2.13. The number of halogens is 2. The molecule has 7 nitrogen and oxygen atoms in total. The third kappa shape index (κ3) is 4.67. The van der Waals surface area contributed by atoms with E-state index in [0.29, 0.717) is 27.1 Å². The molecular weight excluding hydrogens is 379 g/mol. The molecule has 0 aliphatic heterocycles. The van der Waals surface area contributed by atoms with E-state index in [1.807, 2.05) is 0 Å². The molecule has 10 heteroatoms. The smallest absolute Gasteiger partial charge is 0.349 e. The third-order valence-electron chi connectivity index (χ3n) is 2.76. The van der Waals surface area contributed by atoms with Crippen molar-refractivity contribution in [2.45, 2.75) is 13.0 Å². The molecule has 0 aliphatic carbocycles. The standard InChI is InChI=1S/C14H10Cl2N2O5S/c1-7(13(19)17-10-5-8(15)4-9(16)6-10)23-14(20)11-2-3-12(24-11)18(21)22/h2-7H,1H3,(H,17,19)/t7-/m1/s1. The van der Waals surface area contributed by atoms with Crippen LogP contribution in [0.4, 0.5) is 10.7 Å². The van der Waals surface area contributed by atoms with E-state index < -0.39 is 22.9 Å². The van der Waals surface area contributed by atoms with Gasteiger partial charge in [0.1, 0.15) is 4.88 Å². The predicted molar refractivity (Wildman–Crippen MR) is 90.9 cm³/mol. The first-order chi connectivity index (χ1) is 11.3. The summed E-state index contributed by atoms with van der Waals surface area (Å²) in [5.74, 6) is -1.41. The number of amides is 1. The van der Waals surface area contributed by atoms with Gasteiger partial charge in [0, 0.05) is 21.8 Å². The zero-order valence-corrected chi connectivity index (χ0v) is 14.4. The van der Waals surface area contributed by atoms with Crippen molar-refractivity contribution >= 4 is 57.1 Å². The number of hydrogen-bond donors (Lipinski definition) is 1. The summed E-state index contributed by atoms with van der Waals surface area (Å²) in [6.07, 6.45) is -1.11. The van der Waals surface area contributed by atoms with Gasteiger partial charge < -0.3 is 10.1 Å². The molecule has 0 fully saturated rings. The molecular formula is C14H10Cl2N2O5S. The van der Waals surface area contributed by atoms with Gasteiger partial charge in [-0.25, -0.2) is 4.79 Å². The number of rotatable bonds is 5. The summed E-state index contributed by atoms with van der Waals surface area (Å²) in [6.45, 7) is 1.38. The third-order valence-corrected chi connectivity index (χ3v) is 4.21. The van der Waals surface area contributed by atoms with E-state index in [9.17, 15) is 19.7 Å². The second kappa shape index (κ2) is 7.61. The van der Waals surface area contributed by atoms with E-state index in [-0.39, 0.29) is 9.88 Å². The number of ether oxygens (including phenoxy) is 1. The lowest BCUT2D eigenvalue weighted by atomic mass is 10.3. The van der Waals surface area contributed by atoms with E-state index in [1.165, 1.54) is 37.3 Å². The van der Waals surface area contributed by atoms with E-state index in [0.717, 1.165) is 0 Å². The fourth-order valence-corrected chi connectivity index (χ4v) is 2.91. The fraction of sp³-hybridized carbons (Fsp3) is 0.143. The molecule has 0 aliphatic rings. The molecule has 2 rings (SSSR count). The van der Waals surface area contributed by atoms with Gasteiger partial charge >= 0.3 is 11.0 Å². The lowest BCUT2D eigenvalue weighted by Crippen LogP contribution is -2.29. The Balaban J connectivity index is 1.99. The zero-order valence-electron chi connectivity index (χ0n) is 12.1. The molecule has 0 unspecified atom stereocenters. The first kappa shape index (κ1) is 18.2. The molecule has 0 saturated carbocycles. The summed E-state index contributed by atoms with van der Waals surface area (Å²) in [7, 11) is 0. The maximum Gasteiger partial charge on any atom is 0.349 e. The Kier molecular flexibility index (Phi) is 5.76. The molecule has 0 saturated heterocycles. The number of hydrogen-bond acceptors (Lipinski definition) is 6. The Bertz CT molecular complexity index is 788. The number of thiophene rings is 1. The van der Waals surface area contributed by atoms with Crippen molar-refractivity contribution in [3.63, 3.8) is 0 Å². The first-order valence-electron chi connectivity index (χ1n) is 6.48. The Labute approximate surface area is 150 Å². The van der Waals surface area contributed by atoms with Gasteiger partial charge in [0.2, 0.25) is 0 Å². The van der Waals surface area contributed by atoms with E-state index in [1.54, 1.807) is 0 Å². The molecule has 0 bridgehead atoms. The Morgan fingerprint density at radius 1 is 1.25 bits per heavy atom. The van der Waals surface area contributed by atoms with Gasteiger partial charge in [-0.2, -0.15) is 0 Å². The van der Waals surface area contributed by atoms with Gasteiger partial charge in [-0.1, -0.05) is 34.5 Å². The minimum Gasteiger partial charge on any atom is -0.448 e. The van der Waals surface area contributed by atoms with Crippen LogP contribution in [-0.4, -0.2) is 22.9 Å². The molecule has 1 atom stereocenters. The van der Waals surface area contributed by atoms with Gasteiger partial charge in [-0.15, -0.1) is 0 Å². The second-order valence-electron chi connectivity index (χ2n) is 4.59. The topological polar surface area (TPSA) is 98.5 Å². The van der Waals surface area contributed by atoms with Crippen LogP contribution in [0, 0.1) is 10.1 Å². The predicted octanol–water partition coefficient (Wildman–Crippen LogP) is 4.15. The number of carbonyl (C=O) groups is 2. The summed E-state index contributed by atoms with van der Waals surface area (Å²) in [5.41, 5.74) is 0.354. The Hall–Kier alpha value is -2.16. The van der Waals surface area contributed by atoms with Crippen LogP contribution in [0.3, 0.4) is 0 Å². The summed E-state index contributed by atoms with van der Waals surface area (Å²) in [4.78, 5) is 34.0. The molecule has 126 valence electrons. The van der Waals surface area contributed by atoms with Crippen LogP contribution >= 0.6 is 34.5 Å². The highest BCUT2D eigenvalue weighted by molar-refractivity contribution is 7.17. The number of carbonyl (C=O) groups excluding carboxylic acids is 2. The highest BCUT2D eigenvalue weighted by Gasteiger charge is 2.22. The van der Waals surface area contributed by atoms with Crippen LogP contribution in [-0.2, 0) is 9.53 Å². The number of anilines is 1. The van der Waals surface area contributed by atoms with Crippen LogP contribution in [0.5, 0.6) is 0 Å². The Morgan fingerprint density at radius 2 is 1.88 bits per heavy atom. The van der Waals surface area contributed by atoms with Gasteiger partial charge in [0.15, 0.2) is 6.10 Å². The maximum atomic E-state index is 12.0. The van der Waals surface area contributed by atoms with Gasteiger partial charge in [0.25, 0.3) is 5.91 Å². The van der Waals surface area contributed by atoms with Crippen LogP contribution in [0.15, 0.2) is 30.3 Å². The average Bonchev–Trinajstić information content (AvgIpc) is 2.96. The zero-order chi connectivity index (χ0) is 17.9. The summed E-state index contributed by atoms with van der Waals surface area (Å²) < 4.78 is 4.99. The number of nitrogens with zero attached hydrogens (tertiary/aromatic N) is 1. The first-order valence-corrected chi connectivity index (χ1v) is 8.05. The van der Waals surface area contributed by atoms with Gasteiger partial charge in [-0.05, 0) is 31.2 Å². The molecule has 24 heavy (non-hydrogen) atoms. The van der Waals surface area contributed by atoms with Gasteiger partial charge in [-0.3, -0.25) is 14.9 Å². The van der Waals surface area contributed by atoms with Crippen molar-refractivity contribution in [3.05, 3.63) is 55.4 Å². The number of nitro groups is 1. The van der Waals surface area contributed by atoms with Crippen LogP contribution in [0.1, 0.15) is 16.6 Å². The normalized spacial score (nSPS) is 11.6. The van der Waals surface area contributed by atoms with Crippen molar-refractivity contribution in [1.82, 2.24) is 0 Å². The summed E-state index contributed by atoms with van der Waals surface area (Å²) in [5, 5.41) is 13.6. The quantitative estimate of drug-likeness (QED) is 0.471. The minimum atomic E-state index is -1.11. The van der Waals surface area contributed by atoms with Crippen molar-refractivity contribution in [2.24, 2.45) is 0 Å². The molecule has 2 aromatic rings. The monoisotopic (exact) mass is 388 g/mol. The average molecular weight is 389 g/mol. The highest BCUT2D eigenvalue weighted by Crippen LogP contribution is 2.25. The van der Waals surface area contributed by atoms with Crippen molar-refractivity contribution in [2.75, 3.05) is 5.32 Å². The molecule has 0 radical (unpaired) electrons. The molecule has 1 aromatic carbocycles. The molecule has 1 N–H and O–H groups in total. The fourth-order valence-electron chi connectivity index (χ4n) is 1.68. The summed E-state index contributed by atoms with van der Waals surface area (Å²) in [6, 6.07) is 6.95. The van der Waals surface area contributed by atoms with Crippen molar-refractivity contribution in [3.8, 4) is 0 Å². The van der Waals surface area contributed by atoms with Crippen LogP contribution in [0.2, 0.25) is 10.0 Å². The van der Waals surface area contributed by atoms with E-state index in [2.05, 4.69) is 5.32 Å². The van der Waals surface area contributed by atoms with E-state index in [4.69, 9.17) is 27.9 Å². The largest absolute Gasteiger partial charge is 0.448 e. The number of esters is 1. The van der Waals surface area contributed by atoms with E-state index >= 15 is 0 Å². The Morgan fingerprint density at radius 3 is 2.42 bits per heavy atom. The van der Waals surface area contributed by atoms with Crippen LogP contribution in [0.25, 0.3) is 0 Å². The molecule has 1 heterocycles. The van der Waals surface area contributed by atoms with Crippen molar-refractivity contribution < 1.29 is 19.2 Å². The summed E-state index contributed by atoms with van der Waals surface area (Å²) >= 11 is 12.3. The minimum absolute atomic E-state index is 0.0344. The van der Waals surface area contributed by atoms with Gasteiger partial charge in [0.05, 0.1) is 4.92 Å². The highest BCUT2D eigenvalue weighted by atomic mass is 35.5. The van der Waals surface area contributed by atoms with Crippen molar-refractivity contribution in [1.29, 1.82) is 0 Å². The lowest BCUT2D eigenvalue weighted by molar-refractivity contribution is -0.380. The number of benzene rings is 1. The molecule has 1 amide bonds. The SMILES string of the molecule is C[C@@H](OC(=O)c1ccc([N+](=O)[O-])s1)C(=O)Nc1cc(Cl)cc(Cl)c1.